The van der Waals surface area contributed by atoms with Crippen LogP contribution in [0.3, 0.4) is 0 Å². The molecular formula is C22H18N4O3. The van der Waals surface area contributed by atoms with Crippen LogP contribution in [0.15, 0.2) is 66.9 Å². The van der Waals surface area contributed by atoms with Crippen molar-refractivity contribution in [3.05, 3.63) is 83.6 Å². The monoisotopic (exact) mass is 386 g/mol. The van der Waals surface area contributed by atoms with E-state index in [4.69, 9.17) is 10.00 Å². The topological polar surface area (TPSA) is 104 Å². The van der Waals surface area contributed by atoms with Crippen LogP contribution in [0.4, 0.5) is 17.2 Å². The van der Waals surface area contributed by atoms with E-state index in [-0.39, 0.29) is 11.9 Å². The molecule has 0 saturated carbocycles. The molecule has 2 aromatic carbocycles. The molecule has 0 aliphatic heterocycles. The number of pyridine rings is 1. The zero-order valence-corrected chi connectivity index (χ0v) is 15.7. The van der Waals surface area contributed by atoms with Crippen LogP contribution in [0, 0.1) is 11.3 Å². The van der Waals surface area contributed by atoms with E-state index in [0.717, 1.165) is 5.69 Å². The van der Waals surface area contributed by atoms with Gasteiger partial charge in [0.2, 0.25) is 0 Å². The van der Waals surface area contributed by atoms with E-state index in [0.29, 0.717) is 34.8 Å². The summed E-state index contributed by atoms with van der Waals surface area (Å²) in [5.41, 5.74) is 2.61. The molecule has 144 valence electrons. The molecule has 2 N–H and O–H groups in total. The number of anilines is 3. The van der Waals surface area contributed by atoms with Gasteiger partial charge in [-0.2, -0.15) is 5.26 Å². The summed E-state index contributed by atoms with van der Waals surface area (Å²) in [6, 6.07) is 18.8. The molecule has 7 nitrogen and oxygen atoms in total. The first kappa shape index (κ1) is 19.6. The molecule has 0 bridgehead atoms. The Kier molecular flexibility index (Phi) is 6.18. The highest BCUT2D eigenvalue weighted by atomic mass is 16.5. The Balaban J connectivity index is 1.63. The first-order valence-electron chi connectivity index (χ1n) is 8.91. The predicted molar refractivity (Wildman–Crippen MR) is 109 cm³/mol. The second-order valence-electron chi connectivity index (χ2n) is 6.00. The van der Waals surface area contributed by atoms with Gasteiger partial charge in [0.1, 0.15) is 5.82 Å². The minimum atomic E-state index is -0.368. The van der Waals surface area contributed by atoms with E-state index in [1.165, 1.54) is 6.20 Å². The third kappa shape index (κ3) is 5.17. The van der Waals surface area contributed by atoms with Crippen LogP contribution in [0.1, 0.15) is 33.2 Å². The number of hydrogen-bond donors (Lipinski definition) is 2. The van der Waals surface area contributed by atoms with Crippen LogP contribution in [-0.2, 0) is 4.74 Å². The van der Waals surface area contributed by atoms with Crippen molar-refractivity contribution in [2.24, 2.45) is 0 Å². The van der Waals surface area contributed by atoms with Crippen molar-refractivity contribution in [3.63, 3.8) is 0 Å². The molecule has 0 unspecified atom stereocenters. The average Bonchev–Trinajstić information content (AvgIpc) is 2.75. The standard InChI is InChI=1S/C22H18N4O3/c1-2-29-22(28)16-6-9-18(10-7-16)25-20-11-8-17(14-24-20)21(27)26-19-5-3-4-15(12-19)13-23/h3-12,14H,2H2,1H3,(H,24,25)(H,26,27). The van der Waals surface area contributed by atoms with Gasteiger partial charge >= 0.3 is 5.97 Å². The van der Waals surface area contributed by atoms with Gasteiger partial charge in [-0.25, -0.2) is 9.78 Å². The maximum atomic E-state index is 12.3. The zero-order chi connectivity index (χ0) is 20.6. The number of amides is 1. The fourth-order valence-corrected chi connectivity index (χ4v) is 2.52. The van der Waals surface area contributed by atoms with Gasteiger partial charge in [0.05, 0.1) is 29.4 Å². The second kappa shape index (κ2) is 9.15. The Labute approximate surface area is 168 Å². The van der Waals surface area contributed by atoms with Crippen molar-refractivity contribution in [1.82, 2.24) is 4.98 Å². The maximum absolute atomic E-state index is 12.3. The second-order valence-corrected chi connectivity index (χ2v) is 6.00. The molecular weight excluding hydrogens is 368 g/mol. The van der Waals surface area contributed by atoms with Gasteiger partial charge in [0.15, 0.2) is 0 Å². The Hall–Kier alpha value is -4.18. The Morgan fingerprint density at radius 2 is 1.79 bits per heavy atom. The highest BCUT2D eigenvalue weighted by molar-refractivity contribution is 6.04. The first-order valence-corrected chi connectivity index (χ1v) is 8.91. The van der Waals surface area contributed by atoms with Crippen molar-refractivity contribution in [1.29, 1.82) is 5.26 Å². The van der Waals surface area contributed by atoms with E-state index in [2.05, 4.69) is 15.6 Å². The van der Waals surface area contributed by atoms with Gasteiger partial charge in [-0.15, -0.1) is 0 Å². The first-order chi connectivity index (χ1) is 14.1. The molecule has 1 aromatic heterocycles. The van der Waals surface area contributed by atoms with E-state index in [1.54, 1.807) is 67.6 Å². The summed E-state index contributed by atoms with van der Waals surface area (Å²) in [4.78, 5) is 28.3. The number of nitriles is 1. The fourth-order valence-electron chi connectivity index (χ4n) is 2.52. The van der Waals surface area contributed by atoms with Gasteiger partial charge in [-0.05, 0) is 61.5 Å². The number of carbonyl (C=O) groups is 2. The molecule has 0 saturated heterocycles. The number of nitrogens with zero attached hydrogens (tertiary/aromatic N) is 2. The molecule has 7 heteroatoms. The lowest BCUT2D eigenvalue weighted by molar-refractivity contribution is 0.0526. The van der Waals surface area contributed by atoms with Gasteiger partial charge < -0.3 is 15.4 Å². The molecule has 0 radical (unpaired) electrons. The lowest BCUT2D eigenvalue weighted by atomic mass is 10.2. The van der Waals surface area contributed by atoms with Crippen LogP contribution in [-0.4, -0.2) is 23.5 Å². The third-order valence-electron chi connectivity index (χ3n) is 3.94. The number of hydrogen-bond acceptors (Lipinski definition) is 6. The summed E-state index contributed by atoms with van der Waals surface area (Å²) in [5, 5.41) is 14.8. The largest absolute Gasteiger partial charge is 0.462 e. The molecule has 0 aliphatic rings. The average molecular weight is 386 g/mol. The number of aromatic nitrogens is 1. The fraction of sp³-hybridized carbons (Fsp3) is 0.0909. The lowest BCUT2D eigenvalue weighted by Crippen LogP contribution is -2.12. The minimum absolute atomic E-state index is 0.321. The van der Waals surface area contributed by atoms with Crippen LogP contribution in [0.5, 0.6) is 0 Å². The quantitative estimate of drug-likeness (QED) is 0.618. The molecule has 0 aliphatic carbocycles. The predicted octanol–water partition coefficient (Wildman–Crippen LogP) is 4.13. The minimum Gasteiger partial charge on any atom is -0.462 e. The maximum Gasteiger partial charge on any atom is 0.338 e. The van der Waals surface area contributed by atoms with Crippen LogP contribution in [0.2, 0.25) is 0 Å². The van der Waals surface area contributed by atoms with E-state index >= 15 is 0 Å². The highest BCUT2D eigenvalue weighted by Gasteiger charge is 2.08. The molecule has 0 fully saturated rings. The summed E-state index contributed by atoms with van der Waals surface area (Å²) in [5.74, 6) is -0.136. The molecule has 29 heavy (non-hydrogen) atoms. The van der Waals surface area contributed by atoms with Gasteiger partial charge in [0, 0.05) is 17.6 Å². The number of esters is 1. The van der Waals surface area contributed by atoms with Gasteiger partial charge in [-0.1, -0.05) is 6.07 Å². The SMILES string of the molecule is CCOC(=O)c1ccc(Nc2ccc(C(=O)Nc3cccc(C#N)c3)cn2)cc1. The van der Waals surface area contributed by atoms with E-state index in [9.17, 15) is 9.59 Å². The Bertz CT molecular complexity index is 1050. The Morgan fingerprint density at radius 3 is 2.45 bits per heavy atom. The summed E-state index contributed by atoms with van der Waals surface area (Å²) in [6.07, 6.45) is 1.46. The van der Waals surface area contributed by atoms with Crippen LogP contribution < -0.4 is 10.6 Å². The summed E-state index contributed by atoms with van der Waals surface area (Å²) in [6.45, 7) is 2.08. The van der Waals surface area contributed by atoms with E-state index in [1.807, 2.05) is 6.07 Å². The summed E-state index contributed by atoms with van der Waals surface area (Å²) >= 11 is 0. The number of ether oxygens (including phenoxy) is 1. The van der Waals surface area contributed by atoms with Crippen molar-refractivity contribution in [2.75, 3.05) is 17.2 Å². The number of rotatable bonds is 6. The van der Waals surface area contributed by atoms with Crippen molar-refractivity contribution in [2.45, 2.75) is 6.92 Å². The molecule has 0 spiro atoms. The zero-order valence-electron chi connectivity index (χ0n) is 15.7. The van der Waals surface area contributed by atoms with Crippen molar-refractivity contribution in [3.8, 4) is 6.07 Å². The molecule has 0 atom stereocenters. The number of carbonyl (C=O) groups excluding carboxylic acids is 2. The molecule has 1 amide bonds. The van der Waals surface area contributed by atoms with Gasteiger partial charge in [-0.3, -0.25) is 4.79 Å². The van der Waals surface area contributed by atoms with E-state index < -0.39 is 0 Å². The molecule has 3 rings (SSSR count). The normalized spacial score (nSPS) is 9.93. The van der Waals surface area contributed by atoms with Crippen LogP contribution in [0.25, 0.3) is 0 Å². The third-order valence-corrected chi connectivity index (χ3v) is 3.94. The smallest absolute Gasteiger partial charge is 0.338 e. The van der Waals surface area contributed by atoms with Crippen LogP contribution >= 0.6 is 0 Å². The summed E-state index contributed by atoms with van der Waals surface area (Å²) < 4.78 is 4.95. The van der Waals surface area contributed by atoms with Crippen molar-refractivity contribution >= 4 is 29.1 Å². The molecule has 3 aromatic rings. The Morgan fingerprint density at radius 1 is 1.03 bits per heavy atom. The number of benzene rings is 2. The number of nitrogens with one attached hydrogen (secondary N) is 2. The summed E-state index contributed by atoms with van der Waals surface area (Å²) in [7, 11) is 0. The molecule has 1 heterocycles. The lowest BCUT2D eigenvalue weighted by Gasteiger charge is -2.08. The highest BCUT2D eigenvalue weighted by Crippen LogP contribution is 2.17. The van der Waals surface area contributed by atoms with Crippen molar-refractivity contribution < 1.29 is 14.3 Å². The van der Waals surface area contributed by atoms with Gasteiger partial charge in [0.25, 0.3) is 5.91 Å².